The highest BCUT2D eigenvalue weighted by molar-refractivity contribution is 5.45. The fraction of sp³-hybridized carbons (Fsp3) is 0.583. The lowest BCUT2D eigenvalue weighted by Gasteiger charge is -2.15. The van der Waals surface area contributed by atoms with Crippen molar-refractivity contribution >= 4 is 11.5 Å². The summed E-state index contributed by atoms with van der Waals surface area (Å²) >= 11 is 0. The largest absolute Gasteiger partial charge is 0.396 e. The molecule has 1 saturated carbocycles. The molecule has 1 aliphatic carbocycles. The summed E-state index contributed by atoms with van der Waals surface area (Å²) in [4.78, 5) is 14.4. The van der Waals surface area contributed by atoms with Gasteiger partial charge in [0.2, 0.25) is 0 Å². The van der Waals surface area contributed by atoms with Crippen LogP contribution in [-0.2, 0) is 0 Å². The van der Waals surface area contributed by atoms with E-state index < -0.39 is 4.92 Å². The van der Waals surface area contributed by atoms with Gasteiger partial charge in [0.25, 0.3) is 5.69 Å². The first-order valence-corrected chi connectivity index (χ1v) is 6.03. The van der Waals surface area contributed by atoms with Crippen molar-refractivity contribution in [1.29, 1.82) is 0 Å². The van der Waals surface area contributed by atoms with Crippen LogP contribution in [0.15, 0.2) is 12.1 Å². The zero-order valence-corrected chi connectivity index (χ0v) is 10.3. The third-order valence-corrected chi connectivity index (χ3v) is 3.50. The van der Waals surface area contributed by atoms with E-state index in [4.69, 9.17) is 5.11 Å². The van der Waals surface area contributed by atoms with Gasteiger partial charge in [0.15, 0.2) is 0 Å². The van der Waals surface area contributed by atoms with Crippen molar-refractivity contribution in [3.8, 4) is 0 Å². The molecule has 2 rings (SSSR count). The summed E-state index contributed by atoms with van der Waals surface area (Å²) < 4.78 is 0. The molecule has 6 heteroatoms. The zero-order chi connectivity index (χ0) is 13.2. The maximum absolute atomic E-state index is 10.7. The average Bonchev–Trinajstić information content (AvgIpc) is 3.07. The van der Waals surface area contributed by atoms with Crippen molar-refractivity contribution < 1.29 is 10.0 Å². The Morgan fingerprint density at radius 3 is 2.78 bits per heavy atom. The van der Waals surface area contributed by atoms with Crippen LogP contribution in [-0.4, -0.2) is 28.2 Å². The Hall–Kier alpha value is -1.69. The molecule has 0 spiro atoms. The van der Waals surface area contributed by atoms with E-state index in [0.29, 0.717) is 11.5 Å². The number of hydrogen-bond donors (Lipinski definition) is 2. The lowest BCUT2D eigenvalue weighted by Crippen LogP contribution is -2.17. The Bertz CT molecular complexity index is 458. The summed E-state index contributed by atoms with van der Waals surface area (Å²) in [5.41, 5.74) is 0.653. The van der Waals surface area contributed by atoms with Crippen molar-refractivity contribution in [3.05, 3.63) is 27.9 Å². The number of aryl methyl sites for hydroxylation is 1. The van der Waals surface area contributed by atoms with Crippen LogP contribution in [0.2, 0.25) is 0 Å². The summed E-state index contributed by atoms with van der Waals surface area (Å²) in [6, 6.07) is 3.09. The molecule has 1 aromatic rings. The molecule has 1 heterocycles. The van der Waals surface area contributed by atoms with E-state index in [9.17, 15) is 10.1 Å². The molecule has 1 aromatic heterocycles. The molecular weight excluding hydrogens is 234 g/mol. The fourth-order valence-corrected chi connectivity index (χ4v) is 2.05. The molecule has 1 fully saturated rings. The Kier molecular flexibility index (Phi) is 3.47. The quantitative estimate of drug-likeness (QED) is 0.595. The number of rotatable bonds is 6. The lowest BCUT2D eigenvalue weighted by molar-refractivity contribution is -0.385. The van der Waals surface area contributed by atoms with Gasteiger partial charge in [0, 0.05) is 19.2 Å². The first kappa shape index (κ1) is 12.8. The van der Waals surface area contributed by atoms with Crippen molar-refractivity contribution in [2.75, 3.05) is 18.5 Å². The van der Waals surface area contributed by atoms with Gasteiger partial charge in [-0.25, -0.2) is 4.98 Å². The van der Waals surface area contributed by atoms with Gasteiger partial charge in [0.1, 0.15) is 11.5 Å². The molecule has 0 atom stereocenters. The van der Waals surface area contributed by atoms with E-state index in [0.717, 1.165) is 25.8 Å². The summed E-state index contributed by atoms with van der Waals surface area (Å²) in [5.74, 6) is 0.655. The predicted octanol–water partition coefficient (Wildman–Crippen LogP) is 1.87. The van der Waals surface area contributed by atoms with Crippen LogP contribution in [0, 0.1) is 22.5 Å². The minimum absolute atomic E-state index is 0.0389. The standard InChI is InChI=1S/C12H17N3O3/c1-9-10(15(17)18)2-3-11(14-9)13-8-12(4-5-12)6-7-16/h2-3,16H,4-8H2,1H3,(H,13,14). The number of anilines is 1. The van der Waals surface area contributed by atoms with Crippen LogP contribution >= 0.6 is 0 Å². The number of nitrogens with zero attached hydrogens (tertiary/aromatic N) is 2. The van der Waals surface area contributed by atoms with Crippen LogP contribution < -0.4 is 5.32 Å². The topological polar surface area (TPSA) is 88.3 Å². The maximum Gasteiger partial charge on any atom is 0.290 e. The molecule has 1 aliphatic rings. The number of pyridine rings is 1. The third-order valence-electron chi connectivity index (χ3n) is 3.50. The zero-order valence-electron chi connectivity index (χ0n) is 10.3. The Morgan fingerprint density at radius 2 is 2.28 bits per heavy atom. The summed E-state index contributed by atoms with van der Waals surface area (Å²) in [7, 11) is 0. The molecule has 0 aliphatic heterocycles. The molecular formula is C12H17N3O3. The number of aliphatic hydroxyl groups excluding tert-OH is 1. The highest BCUT2D eigenvalue weighted by Crippen LogP contribution is 2.48. The van der Waals surface area contributed by atoms with Crippen LogP contribution in [0.5, 0.6) is 0 Å². The van der Waals surface area contributed by atoms with Crippen LogP contribution in [0.3, 0.4) is 0 Å². The van der Waals surface area contributed by atoms with Gasteiger partial charge in [-0.1, -0.05) is 0 Å². The van der Waals surface area contributed by atoms with E-state index in [1.807, 2.05) is 0 Å². The number of nitro groups is 1. The Balaban J connectivity index is 1.98. The average molecular weight is 251 g/mol. The monoisotopic (exact) mass is 251 g/mol. The van der Waals surface area contributed by atoms with Gasteiger partial charge >= 0.3 is 0 Å². The molecule has 0 saturated heterocycles. The van der Waals surface area contributed by atoms with Crippen LogP contribution in [0.25, 0.3) is 0 Å². The number of aromatic nitrogens is 1. The molecule has 0 amide bonds. The summed E-state index contributed by atoms with van der Waals surface area (Å²) in [5, 5.41) is 22.8. The van der Waals surface area contributed by atoms with E-state index >= 15 is 0 Å². The van der Waals surface area contributed by atoms with Gasteiger partial charge in [-0.15, -0.1) is 0 Å². The smallest absolute Gasteiger partial charge is 0.290 e. The molecule has 0 aromatic carbocycles. The third kappa shape index (κ3) is 2.76. The van der Waals surface area contributed by atoms with E-state index in [-0.39, 0.29) is 17.7 Å². The van der Waals surface area contributed by atoms with E-state index in [2.05, 4.69) is 10.3 Å². The second kappa shape index (κ2) is 4.89. The normalized spacial score (nSPS) is 16.3. The molecule has 98 valence electrons. The summed E-state index contributed by atoms with van der Waals surface area (Å²) in [6.07, 6.45) is 3.03. The second-order valence-electron chi connectivity index (χ2n) is 4.89. The SMILES string of the molecule is Cc1nc(NCC2(CCO)CC2)ccc1[N+](=O)[O-]. The van der Waals surface area contributed by atoms with Crippen molar-refractivity contribution in [2.24, 2.45) is 5.41 Å². The first-order chi connectivity index (χ1) is 8.56. The van der Waals surface area contributed by atoms with E-state index in [1.165, 1.54) is 6.07 Å². The molecule has 0 radical (unpaired) electrons. The Morgan fingerprint density at radius 1 is 1.56 bits per heavy atom. The van der Waals surface area contributed by atoms with Crippen molar-refractivity contribution in [1.82, 2.24) is 4.98 Å². The van der Waals surface area contributed by atoms with Gasteiger partial charge in [0.05, 0.1) is 4.92 Å². The van der Waals surface area contributed by atoms with Gasteiger partial charge in [-0.05, 0) is 37.7 Å². The van der Waals surface area contributed by atoms with Crippen LogP contribution in [0.4, 0.5) is 11.5 Å². The maximum atomic E-state index is 10.7. The van der Waals surface area contributed by atoms with Gasteiger partial charge < -0.3 is 10.4 Å². The van der Waals surface area contributed by atoms with Crippen molar-refractivity contribution in [3.63, 3.8) is 0 Å². The number of hydrogen-bond acceptors (Lipinski definition) is 5. The highest BCUT2D eigenvalue weighted by atomic mass is 16.6. The lowest BCUT2D eigenvalue weighted by atomic mass is 10.0. The second-order valence-corrected chi connectivity index (χ2v) is 4.89. The van der Waals surface area contributed by atoms with Crippen molar-refractivity contribution in [2.45, 2.75) is 26.2 Å². The van der Waals surface area contributed by atoms with E-state index in [1.54, 1.807) is 13.0 Å². The predicted molar refractivity (Wildman–Crippen MR) is 67.5 cm³/mol. The molecule has 0 bridgehead atoms. The van der Waals surface area contributed by atoms with Gasteiger partial charge in [-0.3, -0.25) is 10.1 Å². The minimum atomic E-state index is -0.430. The molecule has 2 N–H and O–H groups in total. The first-order valence-electron chi connectivity index (χ1n) is 6.03. The Labute approximate surface area is 105 Å². The number of aliphatic hydroxyl groups is 1. The van der Waals surface area contributed by atoms with Gasteiger partial charge in [-0.2, -0.15) is 0 Å². The number of nitrogens with one attached hydrogen (secondary N) is 1. The van der Waals surface area contributed by atoms with Crippen LogP contribution in [0.1, 0.15) is 25.0 Å². The minimum Gasteiger partial charge on any atom is -0.396 e. The highest BCUT2D eigenvalue weighted by Gasteiger charge is 2.41. The molecule has 6 nitrogen and oxygen atoms in total. The fourth-order valence-electron chi connectivity index (χ4n) is 2.05. The molecule has 0 unspecified atom stereocenters. The molecule has 18 heavy (non-hydrogen) atoms. The summed E-state index contributed by atoms with van der Waals surface area (Å²) in [6.45, 7) is 2.59.